The first-order valence-electron chi connectivity index (χ1n) is 3.43. The van der Waals surface area contributed by atoms with Gasteiger partial charge in [-0.05, 0) is 0 Å². The largest absolute Gasteiger partial charge is 1.00 e. The Morgan fingerprint density at radius 1 is 0.917 bits per heavy atom. The van der Waals surface area contributed by atoms with Gasteiger partial charge in [-0.2, -0.15) is 12.2 Å². The van der Waals surface area contributed by atoms with Crippen LogP contribution in [0.25, 0.3) is 0 Å². The van der Waals surface area contributed by atoms with Gasteiger partial charge in [0.25, 0.3) is 0 Å². The van der Waals surface area contributed by atoms with Crippen molar-refractivity contribution in [2.75, 3.05) is 0 Å². The van der Waals surface area contributed by atoms with E-state index in [1.165, 1.54) is 0 Å². The van der Waals surface area contributed by atoms with E-state index in [9.17, 15) is 0 Å². The summed E-state index contributed by atoms with van der Waals surface area (Å²) in [5, 5.41) is 0. The molecular formula is C10H12ClHf-3. The van der Waals surface area contributed by atoms with E-state index >= 15 is 0 Å². The van der Waals surface area contributed by atoms with E-state index in [4.69, 9.17) is 0 Å². The summed E-state index contributed by atoms with van der Waals surface area (Å²) in [5.74, 6) is 0. The zero-order valence-corrected chi connectivity index (χ0v) is 11.2. The van der Waals surface area contributed by atoms with Crippen molar-refractivity contribution in [1.29, 1.82) is 0 Å². The third-order valence-corrected chi connectivity index (χ3v) is 1.17. The molecule has 0 heterocycles. The molecule has 0 fully saturated rings. The van der Waals surface area contributed by atoms with Crippen LogP contribution in [0.1, 0.15) is 14.3 Å². The molecule has 0 amide bonds. The Kier molecular flexibility index (Phi) is 13.6. The van der Waals surface area contributed by atoms with Gasteiger partial charge in [-0.3, -0.25) is 12.2 Å². The van der Waals surface area contributed by atoms with Crippen LogP contribution in [0.4, 0.5) is 0 Å². The van der Waals surface area contributed by atoms with Gasteiger partial charge in [0.1, 0.15) is 0 Å². The smallest absolute Gasteiger partial charge is 0 e. The van der Waals surface area contributed by atoms with Crippen LogP contribution in [0.5, 0.6) is 0 Å². The molecule has 2 heteroatoms. The Morgan fingerprint density at radius 3 is 1.42 bits per heavy atom. The Bertz CT molecular complexity index is 153. The zero-order valence-electron chi connectivity index (χ0n) is 7.79. The van der Waals surface area contributed by atoms with Gasteiger partial charge >= 0.3 is 0 Å². The van der Waals surface area contributed by atoms with E-state index in [0.717, 1.165) is 12.8 Å². The molecule has 0 nitrogen and oxygen atoms in total. The normalized spacial score (nSPS) is 14.7. The fraction of sp³-hybridized carbons (Fsp3) is 0.200. The second kappa shape index (κ2) is 11.1. The van der Waals surface area contributed by atoms with Crippen LogP contribution in [0, 0.1) is 12.2 Å². The van der Waals surface area contributed by atoms with Crippen molar-refractivity contribution in [1.82, 2.24) is 0 Å². The maximum Gasteiger partial charge on any atom is 0 e. The second-order valence-electron chi connectivity index (χ2n) is 2.01. The van der Waals surface area contributed by atoms with Gasteiger partial charge in [0.15, 0.2) is 0 Å². The van der Waals surface area contributed by atoms with Gasteiger partial charge in [0, 0.05) is 25.8 Å². The van der Waals surface area contributed by atoms with E-state index in [1.54, 1.807) is 0 Å². The van der Waals surface area contributed by atoms with Gasteiger partial charge in [-0.15, -0.1) is 25.2 Å². The predicted molar refractivity (Wildman–Crippen MR) is 51.5 cm³/mol. The Labute approximate surface area is 101 Å². The molecule has 0 aromatic heterocycles. The molecule has 0 spiro atoms. The van der Waals surface area contributed by atoms with Crippen LogP contribution >= 0.6 is 12.4 Å². The molecule has 0 unspecified atom stereocenters. The number of hydrogen-bond donors (Lipinski definition) is 0. The molecule has 0 aromatic carbocycles. The summed E-state index contributed by atoms with van der Waals surface area (Å²) in [7, 11) is 0. The van der Waals surface area contributed by atoms with Crippen molar-refractivity contribution in [3.05, 3.63) is 48.6 Å². The first kappa shape index (κ1) is 14.6. The van der Waals surface area contributed by atoms with Gasteiger partial charge in [-0.1, -0.05) is 0 Å². The topological polar surface area (TPSA) is 0 Å². The molecule has 0 aliphatic heterocycles. The number of halogens is 1. The molecule has 0 N–H and O–H groups in total. The third-order valence-electron chi connectivity index (χ3n) is 1.17. The molecule has 0 radical (unpaired) electrons. The van der Waals surface area contributed by atoms with E-state index in [2.05, 4.69) is 24.3 Å². The van der Waals surface area contributed by atoms with Crippen LogP contribution < -0.4 is 0 Å². The van der Waals surface area contributed by atoms with Crippen molar-refractivity contribution in [3.63, 3.8) is 0 Å². The van der Waals surface area contributed by atoms with Gasteiger partial charge in [-0.25, -0.2) is 24.3 Å². The Balaban J connectivity index is -0.000000125. The first-order valence-corrected chi connectivity index (χ1v) is 3.43. The molecule has 0 aromatic rings. The van der Waals surface area contributed by atoms with Crippen molar-refractivity contribution >= 4 is 12.4 Å². The molecule has 0 bridgehead atoms. The van der Waals surface area contributed by atoms with Crippen molar-refractivity contribution in [3.8, 4) is 0 Å². The third kappa shape index (κ3) is 8.22. The standard InChI is InChI=1S/2C5H5.ClH.Hf.H/c2*1-2-4-5-3-1;;;/h2*1-3H,4H2;1H;;/q2*-1;;;-1. The van der Waals surface area contributed by atoms with E-state index in [0.29, 0.717) is 0 Å². The fourth-order valence-corrected chi connectivity index (χ4v) is 0.680. The first-order chi connectivity index (χ1) is 5.00. The van der Waals surface area contributed by atoms with Crippen molar-refractivity contribution in [2.45, 2.75) is 12.8 Å². The van der Waals surface area contributed by atoms with Crippen LogP contribution in [-0.4, -0.2) is 0 Å². The zero-order chi connectivity index (χ0) is 7.07. The summed E-state index contributed by atoms with van der Waals surface area (Å²) in [6.45, 7) is 0. The molecule has 66 valence electrons. The van der Waals surface area contributed by atoms with Gasteiger partial charge in [0.2, 0.25) is 0 Å². The summed E-state index contributed by atoms with van der Waals surface area (Å²) < 4.78 is 0. The number of allylic oxidation sites excluding steroid dienone is 8. The molecule has 2 rings (SSSR count). The molecule has 2 aliphatic rings. The summed E-state index contributed by atoms with van der Waals surface area (Å²) >= 11 is 0. The van der Waals surface area contributed by atoms with Gasteiger partial charge < -0.3 is 1.43 Å². The quantitative estimate of drug-likeness (QED) is 0.467. The minimum absolute atomic E-state index is 0. The van der Waals surface area contributed by atoms with E-state index in [1.807, 2.05) is 24.3 Å². The predicted octanol–water partition coefficient (Wildman–Crippen LogP) is 3.14. The average molecular weight is 346 g/mol. The molecular weight excluding hydrogens is 334 g/mol. The number of rotatable bonds is 0. The Hall–Kier alpha value is 0.120. The van der Waals surface area contributed by atoms with Crippen LogP contribution in [0.15, 0.2) is 36.5 Å². The van der Waals surface area contributed by atoms with Crippen LogP contribution in [-0.2, 0) is 25.8 Å². The van der Waals surface area contributed by atoms with Crippen LogP contribution in [0.2, 0.25) is 0 Å². The molecule has 0 saturated heterocycles. The van der Waals surface area contributed by atoms with Gasteiger partial charge in [0.05, 0.1) is 0 Å². The monoisotopic (exact) mass is 347 g/mol. The summed E-state index contributed by atoms with van der Waals surface area (Å²) in [4.78, 5) is 0. The summed E-state index contributed by atoms with van der Waals surface area (Å²) in [6, 6.07) is 0. The van der Waals surface area contributed by atoms with E-state index < -0.39 is 0 Å². The minimum atomic E-state index is 0. The minimum Gasteiger partial charge on any atom is -1.00 e. The SMILES string of the molecule is Cl.[C-]1=CC=CC1.[C-]1=CC=CC1.[H-].[Hf]. The van der Waals surface area contributed by atoms with Crippen molar-refractivity contribution < 1.29 is 27.3 Å². The summed E-state index contributed by atoms with van der Waals surface area (Å²) in [5.41, 5.74) is 0. The molecule has 0 saturated carbocycles. The maximum atomic E-state index is 2.99. The van der Waals surface area contributed by atoms with E-state index in [-0.39, 0.29) is 39.7 Å². The maximum absolute atomic E-state index is 2.99. The molecule has 12 heavy (non-hydrogen) atoms. The summed E-state index contributed by atoms with van der Waals surface area (Å²) in [6.07, 6.45) is 20.0. The molecule has 0 atom stereocenters. The van der Waals surface area contributed by atoms with Crippen LogP contribution in [0.3, 0.4) is 0 Å². The Morgan fingerprint density at radius 2 is 1.33 bits per heavy atom. The molecule has 2 aliphatic carbocycles. The second-order valence-corrected chi connectivity index (χ2v) is 2.01. The average Bonchev–Trinajstić information content (AvgIpc) is 2.67. The van der Waals surface area contributed by atoms with Crippen molar-refractivity contribution in [2.24, 2.45) is 0 Å². The fourth-order valence-electron chi connectivity index (χ4n) is 0.680. The number of hydrogen-bond acceptors (Lipinski definition) is 0.